The first kappa shape index (κ1) is 118. The highest BCUT2D eigenvalue weighted by Crippen LogP contribution is 2.35. The third-order valence-electron chi connectivity index (χ3n) is 28.1. The monoisotopic (exact) mass is 1920 g/mol. The summed E-state index contributed by atoms with van der Waals surface area (Å²) in [6, 6.07) is 34.3. The van der Waals surface area contributed by atoms with E-state index in [1.165, 1.54) is 337 Å². The molecule has 0 saturated heterocycles. The molecule has 5 saturated carbocycles. The maximum absolute atomic E-state index is 12.2. The van der Waals surface area contributed by atoms with Gasteiger partial charge in [0.15, 0.2) is 0 Å². The normalized spacial score (nSPS) is 15.8. The van der Waals surface area contributed by atoms with E-state index in [2.05, 4.69) is 30.5 Å². The smallest absolute Gasteiger partial charge is 0.338 e. The van der Waals surface area contributed by atoms with Crippen LogP contribution in [0.3, 0.4) is 0 Å². The standard InChI is InChI=1S/C23H38N2O2.C22H35NO2.C20H31NO2.C19H29NO2.C18H27NO2.C18H29NO2/c1-2-3-4-5-6-7-8-12-17-27-23(26)19-15-16-22(21(24)18-19)25-20-13-10-9-11-14-20;1-2-25-22(24)20-15-14-19(21(23)17-20)16-18-12-10-8-6-4-3-5-7-9-11-13-18;1-20(2,3)23-19(22)17-12-11-16(18(21)14-17)13-15-9-7-5-4-6-8-10-15;1-3-22-19(21)17-12-11-16(18(14-17)20-2)13-15-9-7-5-4-6-8-10-15;1-2-21-18(20)16-11-10-15(17(19)13-16)12-14-8-6-4-3-5-7-9-14;1-3-5-6-7-8-9-10-11-15-12-13-16(14-17(15)19)18(20)21-4-2/h15-16,18,20,25H,2-14,17,24H2,1H3;14-15,17-18H,2-13,16,23H2,1H3;11-12,14-15H,4-10,13,21H2,1-3H3;11-12,14-15,20H,3-10,13H2,1-2H3;10-11,13-14H,2-9,12,19H2,1H3;12-14H,3-11,19H2,1-2H3. The highest BCUT2D eigenvalue weighted by atomic mass is 16.6. The molecule has 0 amide bonds. The topological polar surface area (TPSA) is 312 Å². The summed E-state index contributed by atoms with van der Waals surface area (Å²) in [5, 5.41) is 6.77. The molecule has 0 aromatic heterocycles. The van der Waals surface area contributed by atoms with Crippen LogP contribution in [0.5, 0.6) is 0 Å². The lowest BCUT2D eigenvalue weighted by Gasteiger charge is -2.24. The fourth-order valence-electron chi connectivity index (χ4n) is 20.0. The molecule has 11 rings (SSSR count). The number of hydrogen-bond acceptors (Lipinski definition) is 19. The summed E-state index contributed by atoms with van der Waals surface area (Å²) in [4.78, 5) is 71.3. The number of hydrogen-bond donors (Lipinski definition) is 7. The van der Waals surface area contributed by atoms with Crippen LogP contribution in [0.2, 0.25) is 0 Å². The van der Waals surface area contributed by atoms with Gasteiger partial charge in [-0.05, 0) is 237 Å². The Morgan fingerprint density at radius 3 is 0.856 bits per heavy atom. The van der Waals surface area contributed by atoms with Gasteiger partial charge in [0.1, 0.15) is 5.60 Å². The molecule has 0 spiro atoms. The van der Waals surface area contributed by atoms with Gasteiger partial charge in [0.05, 0.1) is 77.8 Å². The van der Waals surface area contributed by atoms with E-state index in [-0.39, 0.29) is 35.8 Å². The number of aryl methyl sites for hydroxylation is 1. The van der Waals surface area contributed by atoms with Crippen LogP contribution < -0.4 is 39.3 Å². The second kappa shape index (κ2) is 71.2. The van der Waals surface area contributed by atoms with Gasteiger partial charge >= 0.3 is 35.8 Å². The maximum Gasteiger partial charge on any atom is 0.338 e. The number of ether oxygens (including phenoxy) is 6. The van der Waals surface area contributed by atoms with Gasteiger partial charge in [0, 0.05) is 41.5 Å². The second-order valence-electron chi connectivity index (χ2n) is 41.0. The molecule has 0 aliphatic heterocycles. The van der Waals surface area contributed by atoms with Gasteiger partial charge in [-0.15, -0.1) is 0 Å². The van der Waals surface area contributed by atoms with Crippen molar-refractivity contribution in [1.29, 1.82) is 0 Å². The average Bonchev–Trinajstić information content (AvgIpc) is 0.844. The van der Waals surface area contributed by atoms with Crippen molar-refractivity contribution in [1.82, 2.24) is 0 Å². The number of anilines is 7. The minimum atomic E-state index is -0.483. The van der Waals surface area contributed by atoms with Crippen molar-refractivity contribution in [3.63, 3.8) is 0 Å². The molecule has 5 aliphatic carbocycles. The molecule has 776 valence electrons. The Kier molecular flexibility index (Phi) is 60.7. The molecule has 0 unspecified atom stereocenters. The molecule has 0 heterocycles. The summed E-state index contributed by atoms with van der Waals surface area (Å²) in [5.41, 5.74) is 45.1. The number of nitrogens with one attached hydrogen (secondary N) is 2. The van der Waals surface area contributed by atoms with Crippen LogP contribution in [-0.2, 0) is 60.5 Å². The molecule has 6 aromatic carbocycles. The number of nitrogens with two attached hydrogens (primary N) is 5. The Hall–Kier alpha value is -9.26. The van der Waals surface area contributed by atoms with Crippen molar-refractivity contribution < 1.29 is 57.2 Å². The molecule has 12 N–H and O–H groups in total. The third-order valence-corrected chi connectivity index (χ3v) is 28.1. The van der Waals surface area contributed by atoms with Gasteiger partial charge < -0.3 is 67.7 Å². The van der Waals surface area contributed by atoms with E-state index in [0.29, 0.717) is 83.8 Å². The Morgan fingerprint density at radius 2 is 0.540 bits per heavy atom. The van der Waals surface area contributed by atoms with Crippen LogP contribution in [0.1, 0.15) is 486 Å². The first-order valence-corrected chi connectivity index (χ1v) is 55.5. The number of esters is 6. The number of benzene rings is 6. The van der Waals surface area contributed by atoms with Crippen molar-refractivity contribution in [3.05, 3.63) is 170 Å². The second-order valence-corrected chi connectivity index (χ2v) is 41.0. The van der Waals surface area contributed by atoms with E-state index in [1.54, 1.807) is 37.3 Å². The minimum absolute atomic E-state index is 0.239. The Morgan fingerprint density at radius 1 is 0.281 bits per heavy atom. The van der Waals surface area contributed by atoms with Gasteiger partial charge in [-0.2, -0.15) is 0 Å². The number of carbonyl (C=O) groups excluding carboxylic acids is 6. The highest BCUT2D eigenvalue weighted by molar-refractivity contribution is 5.94. The highest BCUT2D eigenvalue weighted by Gasteiger charge is 2.25. The molecule has 0 radical (unpaired) electrons. The quantitative estimate of drug-likeness (QED) is 0.00820. The summed E-state index contributed by atoms with van der Waals surface area (Å²) in [6.45, 7) is 19.4. The fourth-order valence-corrected chi connectivity index (χ4v) is 20.0. The van der Waals surface area contributed by atoms with Gasteiger partial charge in [-0.25, -0.2) is 28.8 Å². The van der Waals surface area contributed by atoms with Crippen molar-refractivity contribution in [2.24, 2.45) is 23.7 Å². The Bertz CT molecular complexity index is 4380. The van der Waals surface area contributed by atoms with Crippen LogP contribution >= 0.6 is 0 Å². The number of nitrogen functional groups attached to an aromatic ring is 5. The molecule has 19 nitrogen and oxygen atoms in total. The van der Waals surface area contributed by atoms with Crippen molar-refractivity contribution >= 4 is 75.6 Å². The lowest BCUT2D eigenvalue weighted by Crippen LogP contribution is -2.24. The van der Waals surface area contributed by atoms with E-state index in [9.17, 15) is 28.8 Å². The number of carbonyl (C=O) groups is 6. The predicted octanol–water partition coefficient (Wildman–Crippen LogP) is 31.2. The molecule has 5 fully saturated rings. The minimum Gasteiger partial charge on any atom is -0.462 e. The zero-order valence-corrected chi connectivity index (χ0v) is 88.4. The van der Waals surface area contributed by atoms with E-state index in [0.717, 1.165) is 109 Å². The van der Waals surface area contributed by atoms with Gasteiger partial charge in [0.25, 0.3) is 0 Å². The Balaban J connectivity index is 0.000000256. The van der Waals surface area contributed by atoms with Crippen LogP contribution in [0.15, 0.2) is 109 Å². The first-order valence-electron chi connectivity index (χ1n) is 55.5. The molecule has 0 bridgehead atoms. The molecule has 19 heteroatoms. The van der Waals surface area contributed by atoms with Crippen molar-refractivity contribution in [2.75, 3.05) is 79.4 Å². The van der Waals surface area contributed by atoms with E-state index >= 15 is 0 Å². The molecule has 139 heavy (non-hydrogen) atoms. The van der Waals surface area contributed by atoms with Crippen molar-refractivity contribution in [3.8, 4) is 0 Å². The summed E-state index contributed by atoms with van der Waals surface area (Å²) in [5.74, 6) is 1.27. The van der Waals surface area contributed by atoms with Crippen LogP contribution in [0.4, 0.5) is 39.8 Å². The van der Waals surface area contributed by atoms with Crippen molar-refractivity contribution in [2.45, 2.75) is 440 Å². The largest absolute Gasteiger partial charge is 0.462 e. The lowest BCUT2D eigenvalue weighted by atomic mass is 9.86. The molecular formula is C120H189N7O12. The molecule has 6 aromatic rings. The first-order chi connectivity index (χ1) is 67.4. The maximum atomic E-state index is 12.2. The predicted molar refractivity (Wildman–Crippen MR) is 581 cm³/mol. The van der Waals surface area contributed by atoms with Crippen LogP contribution in [-0.4, -0.2) is 87.5 Å². The van der Waals surface area contributed by atoms with Crippen LogP contribution in [0.25, 0.3) is 0 Å². The van der Waals surface area contributed by atoms with E-state index in [4.69, 9.17) is 57.1 Å². The molecule has 0 atom stereocenters. The summed E-state index contributed by atoms with van der Waals surface area (Å²) >= 11 is 0. The fraction of sp³-hybridized carbons (Fsp3) is 0.650. The van der Waals surface area contributed by atoms with Gasteiger partial charge in [-0.3, -0.25) is 0 Å². The van der Waals surface area contributed by atoms with Gasteiger partial charge in [0.2, 0.25) is 0 Å². The summed E-state index contributed by atoms with van der Waals surface area (Å²) < 4.78 is 30.9. The SMILES string of the molecule is CC(C)(C)OC(=O)c1ccc(CC2CCCCCCC2)c(N)c1.CCCCCCCCCCOC(=O)c1ccc(NC2CCCCC2)c(N)c1.CCCCCCCCCc1ccc(C(=O)OCC)cc1N.CCOC(=O)c1ccc(CC2CCCCCCC2)c(N)c1.CCOC(=O)c1ccc(CC2CCCCCCC2)c(NC)c1.CCOC(=O)c1ccc(CC2CCCCCCCCCCC2)c(N)c1. The van der Waals surface area contributed by atoms with E-state index < -0.39 is 5.60 Å². The third kappa shape index (κ3) is 49.8. The average molecular weight is 1920 g/mol. The lowest BCUT2D eigenvalue weighted by molar-refractivity contribution is 0.00681. The summed E-state index contributed by atoms with van der Waals surface area (Å²) in [6.07, 6.45) is 73.9. The van der Waals surface area contributed by atoms with Gasteiger partial charge in [-0.1, -0.05) is 352 Å². The molecular weight excluding hydrogens is 1730 g/mol. The number of unbranched alkanes of at least 4 members (excludes halogenated alkanes) is 13. The van der Waals surface area contributed by atoms with E-state index in [1.807, 2.05) is 121 Å². The zero-order chi connectivity index (χ0) is 100. The number of rotatable bonds is 38. The molecule has 5 aliphatic rings. The zero-order valence-electron chi connectivity index (χ0n) is 88.4. The Labute approximate surface area is 841 Å². The van der Waals surface area contributed by atoms with Crippen LogP contribution in [0, 0.1) is 23.7 Å². The summed E-state index contributed by atoms with van der Waals surface area (Å²) in [7, 11) is 1.92.